The van der Waals surface area contributed by atoms with Crippen molar-refractivity contribution in [2.45, 2.75) is 13.0 Å². The number of hydrogen-bond acceptors (Lipinski definition) is 5. The van der Waals surface area contributed by atoms with Gasteiger partial charge in [0, 0.05) is 17.1 Å². The van der Waals surface area contributed by atoms with Gasteiger partial charge in [-0.3, -0.25) is 14.4 Å². The molecule has 0 fully saturated rings. The van der Waals surface area contributed by atoms with Gasteiger partial charge in [-0.1, -0.05) is 23.7 Å². The van der Waals surface area contributed by atoms with E-state index in [1.807, 2.05) is 0 Å². The lowest BCUT2D eigenvalue weighted by Crippen LogP contribution is -2.41. The highest BCUT2D eigenvalue weighted by atomic mass is 35.5. The third kappa shape index (κ3) is 4.38. The van der Waals surface area contributed by atoms with Crippen molar-refractivity contribution in [3.8, 4) is 11.3 Å². The molecule has 3 amide bonds. The van der Waals surface area contributed by atoms with Crippen molar-refractivity contribution in [3.05, 3.63) is 58.2 Å². The summed E-state index contributed by atoms with van der Waals surface area (Å²) in [4.78, 5) is 42.8. The maximum Gasteiger partial charge on any atom is 0.265 e. The maximum absolute atomic E-state index is 12.3. The monoisotopic (exact) mass is 417 g/mol. The number of thiazole rings is 1. The van der Waals surface area contributed by atoms with Gasteiger partial charge in [0.1, 0.15) is 11.7 Å². The van der Waals surface area contributed by atoms with Crippen LogP contribution in [0.1, 0.15) is 27.8 Å². The van der Waals surface area contributed by atoms with E-state index in [4.69, 9.17) is 17.3 Å². The zero-order valence-electron chi connectivity index (χ0n) is 14.7. The highest BCUT2D eigenvalue weighted by Crippen LogP contribution is 2.25. The summed E-state index contributed by atoms with van der Waals surface area (Å²) in [5, 5.41) is 7.65. The Morgan fingerprint density at radius 3 is 2.71 bits per heavy atom. The highest BCUT2D eigenvalue weighted by molar-refractivity contribution is 7.14. The van der Waals surface area contributed by atoms with E-state index in [2.05, 4.69) is 20.6 Å². The molecule has 1 atom stereocenters. The van der Waals surface area contributed by atoms with Crippen LogP contribution in [0.4, 0.5) is 5.13 Å². The molecule has 0 aliphatic heterocycles. The lowest BCUT2D eigenvalue weighted by Gasteiger charge is -2.13. The van der Waals surface area contributed by atoms with E-state index in [0.717, 1.165) is 0 Å². The van der Waals surface area contributed by atoms with Crippen molar-refractivity contribution in [1.82, 2.24) is 15.3 Å². The Balaban J connectivity index is 1.63. The third-order valence-electron chi connectivity index (χ3n) is 3.84. The molecular formula is C18H16ClN5O3S. The second kappa shape index (κ2) is 8.24. The van der Waals surface area contributed by atoms with Gasteiger partial charge in [0.2, 0.25) is 5.91 Å². The molecule has 0 bridgehead atoms. The molecular weight excluding hydrogens is 402 g/mol. The Kier molecular flexibility index (Phi) is 5.76. The van der Waals surface area contributed by atoms with Crippen LogP contribution in [0.2, 0.25) is 5.02 Å². The first-order valence-electron chi connectivity index (χ1n) is 8.15. The minimum atomic E-state index is -0.801. The summed E-state index contributed by atoms with van der Waals surface area (Å²) in [7, 11) is 0. The van der Waals surface area contributed by atoms with Gasteiger partial charge in [0.05, 0.1) is 16.3 Å². The number of H-pyrrole nitrogens is 1. The molecule has 1 aromatic carbocycles. The van der Waals surface area contributed by atoms with Crippen molar-refractivity contribution in [3.63, 3.8) is 0 Å². The fourth-order valence-electron chi connectivity index (χ4n) is 2.35. The lowest BCUT2D eigenvalue weighted by atomic mass is 10.2. The van der Waals surface area contributed by atoms with Gasteiger partial charge in [-0.25, -0.2) is 4.98 Å². The van der Waals surface area contributed by atoms with Crippen LogP contribution in [0.15, 0.2) is 41.9 Å². The van der Waals surface area contributed by atoms with E-state index in [-0.39, 0.29) is 11.3 Å². The molecule has 3 aromatic rings. The average Bonchev–Trinajstić information content (AvgIpc) is 3.31. The molecule has 28 heavy (non-hydrogen) atoms. The number of primary amides is 1. The van der Waals surface area contributed by atoms with Gasteiger partial charge in [-0.15, -0.1) is 11.3 Å². The number of carbonyl (C=O) groups is 3. The predicted molar refractivity (Wildman–Crippen MR) is 107 cm³/mol. The van der Waals surface area contributed by atoms with Crippen LogP contribution < -0.4 is 16.4 Å². The van der Waals surface area contributed by atoms with E-state index in [9.17, 15) is 14.4 Å². The number of rotatable bonds is 6. The molecule has 8 nitrogen and oxygen atoms in total. The van der Waals surface area contributed by atoms with Crippen LogP contribution in [0.25, 0.3) is 11.3 Å². The normalized spacial score (nSPS) is 11.6. The number of anilines is 1. The van der Waals surface area contributed by atoms with Crippen LogP contribution in [-0.4, -0.2) is 33.7 Å². The summed E-state index contributed by atoms with van der Waals surface area (Å²) < 4.78 is 0. The maximum atomic E-state index is 12.3. The molecule has 144 valence electrons. The first-order chi connectivity index (χ1) is 13.3. The van der Waals surface area contributed by atoms with Crippen molar-refractivity contribution in [2.75, 3.05) is 5.32 Å². The Morgan fingerprint density at radius 1 is 1.29 bits per heavy atom. The van der Waals surface area contributed by atoms with Crippen LogP contribution in [-0.2, 0) is 4.79 Å². The second-order valence-electron chi connectivity index (χ2n) is 5.87. The number of carbonyl (C=O) groups excluding carboxylic acids is 3. The van der Waals surface area contributed by atoms with E-state index in [0.29, 0.717) is 21.4 Å². The van der Waals surface area contributed by atoms with Gasteiger partial charge in [0.25, 0.3) is 11.8 Å². The number of aromatic nitrogens is 2. The summed E-state index contributed by atoms with van der Waals surface area (Å²) >= 11 is 7.21. The molecule has 2 aromatic heterocycles. The molecule has 0 spiro atoms. The van der Waals surface area contributed by atoms with E-state index >= 15 is 0 Å². The zero-order chi connectivity index (χ0) is 20.3. The number of nitrogens with two attached hydrogens (primary N) is 1. The number of benzene rings is 1. The SMILES string of the molecule is CC(NC(=O)c1ccccc1Cl)C(=O)Nc1nc(-c2c[nH]c(C(N)=O)c2)cs1. The largest absolute Gasteiger partial charge is 0.364 e. The van der Waals surface area contributed by atoms with Gasteiger partial charge < -0.3 is 21.4 Å². The first kappa shape index (κ1) is 19.6. The van der Waals surface area contributed by atoms with E-state index < -0.39 is 23.8 Å². The van der Waals surface area contributed by atoms with Crippen LogP contribution in [0.3, 0.4) is 0 Å². The Hall–Kier alpha value is -3.17. The molecule has 5 N–H and O–H groups in total. The second-order valence-corrected chi connectivity index (χ2v) is 7.13. The van der Waals surface area contributed by atoms with Crippen molar-refractivity contribution < 1.29 is 14.4 Å². The Labute approximate surface area is 169 Å². The zero-order valence-corrected chi connectivity index (χ0v) is 16.2. The molecule has 0 radical (unpaired) electrons. The van der Waals surface area contributed by atoms with Crippen LogP contribution in [0, 0.1) is 0 Å². The summed E-state index contributed by atoms with van der Waals surface area (Å²) in [5.41, 5.74) is 7.02. The van der Waals surface area contributed by atoms with Gasteiger partial charge in [-0.2, -0.15) is 0 Å². The minimum absolute atomic E-state index is 0.268. The topological polar surface area (TPSA) is 130 Å². The summed E-state index contributed by atoms with van der Waals surface area (Å²) in [6.45, 7) is 1.56. The van der Waals surface area contributed by atoms with Gasteiger partial charge >= 0.3 is 0 Å². The summed E-state index contributed by atoms with van der Waals surface area (Å²) in [6.07, 6.45) is 1.60. The summed E-state index contributed by atoms with van der Waals surface area (Å²) in [5.74, 6) is -1.44. The fourth-order valence-corrected chi connectivity index (χ4v) is 3.29. The standard InChI is InChI=1S/C18H16ClN5O3S/c1-9(22-17(27)11-4-2-3-5-12(11)19)16(26)24-18-23-14(8-28-18)10-6-13(15(20)25)21-7-10/h2-9,21H,1H3,(H2,20,25)(H,22,27)(H,23,24,26). The average molecular weight is 418 g/mol. The van der Waals surface area contributed by atoms with E-state index in [1.54, 1.807) is 48.8 Å². The number of nitrogens with zero attached hydrogens (tertiary/aromatic N) is 1. The molecule has 1 unspecified atom stereocenters. The number of amides is 3. The van der Waals surface area contributed by atoms with Crippen LogP contribution >= 0.6 is 22.9 Å². The number of nitrogens with one attached hydrogen (secondary N) is 3. The molecule has 0 aliphatic carbocycles. The van der Waals surface area contributed by atoms with Gasteiger partial charge in [-0.05, 0) is 25.1 Å². The highest BCUT2D eigenvalue weighted by Gasteiger charge is 2.19. The number of hydrogen-bond donors (Lipinski definition) is 4. The van der Waals surface area contributed by atoms with Gasteiger partial charge in [0.15, 0.2) is 5.13 Å². The Bertz CT molecular complexity index is 1050. The number of aromatic amines is 1. The fraction of sp³-hybridized carbons (Fsp3) is 0.111. The predicted octanol–water partition coefficient (Wildman–Crippen LogP) is 2.65. The quantitative estimate of drug-likeness (QED) is 0.491. The first-order valence-corrected chi connectivity index (χ1v) is 9.41. The molecule has 2 heterocycles. The number of halogens is 1. The van der Waals surface area contributed by atoms with Crippen molar-refractivity contribution in [1.29, 1.82) is 0 Å². The third-order valence-corrected chi connectivity index (χ3v) is 4.93. The molecule has 0 saturated carbocycles. The smallest absolute Gasteiger partial charge is 0.265 e. The van der Waals surface area contributed by atoms with Crippen molar-refractivity contribution >= 4 is 45.8 Å². The lowest BCUT2D eigenvalue weighted by molar-refractivity contribution is -0.117. The molecule has 10 heteroatoms. The van der Waals surface area contributed by atoms with Crippen molar-refractivity contribution in [2.24, 2.45) is 5.73 Å². The van der Waals surface area contributed by atoms with Crippen LogP contribution in [0.5, 0.6) is 0 Å². The molecule has 3 rings (SSSR count). The summed E-state index contributed by atoms with van der Waals surface area (Å²) in [6, 6.07) is 7.36. The van der Waals surface area contributed by atoms with E-state index in [1.165, 1.54) is 11.3 Å². The molecule has 0 saturated heterocycles. The minimum Gasteiger partial charge on any atom is -0.364 e. The molecule has 0 aliphatic rings. The Morgan fingerprint density at radius 2 is 2.04 bits per heavy atom.